The van der Waals surface area contributed by atoms with Crippen molar-refractivity contribution in [2.24, 2.45) is 0 Å². The normalized spacial score (nSPS) is 11.3. The highest BCUT2D eigenvalue weighted by Gasteiger charge is 2.21. The van der Waals surface area contributed by atoms with Crippen molar-refractivity contribution in [1.82, 2.24) is 19.5 Å². The molecule has 1 amide bonds. The van der Waals surface area contributed by atoms with Crippen LogP contribution in [0.1, 0.15) is 55.6 Å². The molecule has 6 heteroatoms. The monoisotopic (exact) mass is 422 g/mol. The van der Waals surface area contributed by atoms with Crippen LogP contribution in [0.25, 0.3) is 16.9 Å². The summed E-state index contributed by atoms with van der Waals surface area (Å²) in [6, 6.07) is 10.5. The predicted octanol–water partition coefficient (Wildman–Crippen LogP) is 4.13. The standard InChI is InChI=1S/C25H34N4O2/c1-5-28(6-2)23(31)17-22-24(27-29-19(4)16-18(3)26-25(22)29)21-13-11-20(12-14-21)10-8-7-9-15-30/h11-14,16,30H,5-10,15,17H2,1-4H3. The molecule has 0 bridgehead atoms. The lowest BCUT2D eigenvalue weighted by molar-refractivity contribution is -0.130. The van der Waals surface area contributed by atoms with Gasteiger partial charge < -0.3 is 10.0 Å². The molecule has 1 aromatic carbocycles. The lowest BCUT2D eigenvalue weighted by atomic mass is 10.0. The van der Waals surface area contributed by atoms with Crippen molar-refractivity contribution in [3.05, 3.63) is 52.8 Å². The first-order valence-electron chi connectivity index (χ1n) is 11.3. The van der Waals surface area contributed by atoms with E-state index in [4.69, 9.17) is 15.2 Å². The molecule has 0 atom stereocenters. The van der Waals surface area contributed by atoms with Gasteiger partial charge in [-0.25, -0.2) is 9.50 Å². The Bertz CT molecular complexity index is 1020. The highest BCUT2D eigenvalue weighted by atomic mass is 16.2. The van der Waals surface area contributed by atoms with Gasteiger partial charge in [0.25, 0.3) is 0 Å². The van der Waals surface area contributed by atoms with Crippen LogP contribution in [0.4, 0.5) is 0 Å². The Morgan fingerprint density at radius 1 is 1.06 bits per heavy atom. The Balaban J connectivity index is 1.97. The summed E-state index contributed by atoms with van der Waals surface area (Å²) in [5.74, 6) is 0.0996. The van der Waals surface area contributed by atoms with Crippen LogP contribution in [-0.4, -0.2) is 50.2 Å². The highest BCUT2D eigenvalue weighted by Crippen LogP contribution is 2.28. The lowest BCUT2D eigenvalue weighted by Crippen LogP contribution is -2.31. The van der Waals surface area contributed by atoms with E-state index in [0.29, 0.717) is 19.5 Å². The van der Waals surface area contributed by atoms with Crippen LogP contribution in [0.15, 0.2) is 30.3 Å². The molecule has 166 valence electrons. The number of benzene rings is 1. The smallest absolute Gasteiger partial charge is 0.227 e. The van der Waals surface area contributed by atoms with Gasteiger partial charge in [-0.3, -0.25) is 4.79 Å². The average molecular weight is 423 g/mol. The molecule has 0 radical (unpaired) electrons. The highest BCUT2D eigenvalue weighted by molar-refractivity contribution is 5.84. The van der Waals surface area contributed by atoms with E-state index in [1.54, 1.807) is 0 Å². The number of aliphatic hydroxyl groups is 1. The Labute approximate surface area is 184 Å². The number of hydrogen-bond donors (Lipinski definition) is 1. The minimum Gasteiger partial charge on any atom is -0.396 e. The number of fused-ring (bicyclic) bond motifs is 1. The van der Waals surface area contributed by atoms with Crippen molar-refractivity contribution in [3.63, 3.8) is 0 Å². The molecule has 0 fully saturated rings. The number of hydrogen-bond acceptors (Lipinski definition) is 4. The summed E-state index contributed by atoms with van der Waals surface area (Å²) in [7, 11) is 0. The molecule has 2 aromatic heterocycles. The summed E-state index contributed by atoms with van der Waals surface area (Å²) in [6.45, 7) is 9.65. The average Bonchev–Trinajstić information content (AvgIpc) is 3.11. The molecular weight excluding hydrogens is 388 g/mol. The minimum atomic E-state index is 0.0996. The fourth-order valence-electron chi connectivity index (χ4n) is 4.05. The quantitative estimate of drug-likeness (QED) is 0.499. The van der Waals surface area contributed by atoms with Gasteiger partial charge in [0.1, 0.15) is 0 Å². The van der Waals surface area contributed by atoms with Crippen LogP contribution in [0.5, 0.6) is 0 Å². The van der Waals surface area contributed by atoms with Gasteiger partial charge in [0, 0.05) is 42.2 Å². The van der Waals surface area contributed by atoms with E-state index >= 15 is 0 Å². The van der Waals surface area contributed by atoms with Crippen molar-refractivity contribution in [3.8, 4) is 11.3 Å². The SMILES string of the molecule is CCN(CC)C(=O)Cc1c(-c2ccc(CCCCCO)cc2)nn2c(C)cc(C)nc12. The predicted molar refractivity (Wildman–Crippen MR) is 124 cm³/mol. The van der Waals surface area contributed by atoms with Gasteiger partial charge in [-0.15, -0.1) is 0 Å². The summed E-state index contributed by atoms with van der Waals surface area (Å²) in [4.78, 5) is 19.5. The first-order chi connectivity index (χ1) is 15.0. The van der Waals surface area contributed by atoms with E-state index in [0.717, 1.165) is 59.5 Å². The molecular formula is C25H34N4O2. The number of likely N-dealkylation sites (N-methyl/N-ethyl adjacent to an activating group) is 1. The van der Waals surface area contributed by atoms with Crippen LogP contribution in [-0.2, 0) is 17.6 Å². The number of aromatic nitrogens is 3. The molecule has 3 rings (SSSR count). The van der Waals surface area contributed by atoms with Gasteiger partial charge in [-0.1, -0.05) is 30.7 Å². The molecule has 0 saturated heterocycles. The Morgan fingerprint density at radius 2 is 1.77 bits per heavy atom. The lowest BCUT2D eigenvalue weighted by Gasteiger charge is -2.18. The Hall–Kier alpha value is -2.73. The first-order valence-corrected chi connectivity index (χ1v) is 11.3. The molecule has 31 heavy (non-hydrogen) atoms. The molecule has 6 nitrogen and oxygen atoms in total. The molecule has 0 unspecified atom stereocenters. The number of carbonyl (C=O) groups excluding carboxylic acids is 1. The van der Waals surface area contributed by atoms with Crippen LogP contribution < -0.4 is 0 Å². The molecule has 0 aliphatic carbocycles. The van der Waals surface area contributed by atoms with Gasteiger partial charge in [0.2, 0.25) is 5.91 Å². The van der Waals surface area contributed by atoms with E-state index in [2.05, 4.69) is 24.3 Å². The fourth-order valence-corrected chi connectivity index (χ4v) is 4.05. The number of carbonyl (C=O) groups is 1. The van der Waals surface area contributed by atoms with Gasteiger partial charge in [0.05, 0.1) is 12.1 Å². The van der Waals surface area contributed by atoms with E-state index in [9.17, 15) is 4.79 Å². The summed E-state index contributed by atoms with van der Waals surface area (Å²) < 4.78 is 1.86. The molecule has 1 N–H and O–H groups in total. The number of nitrogens with zero attached hydrogens (tertiary/aromatic N) is 4. The maximum Gasteiger partial charge on any atom is 0.227 e. The summed E-state index contributed by atoms with van der Waals surface area (Å²) >= 11 is 0. The number of aliphatic hydroxyl groups excluding tert-OH is 1. The second-order valence-electron chi connectivity index (χ2n) is 8.08. The second-order valence-corrected chi connectivity index (χ2v) is 8.08. The van der Waals surface area contributed by atoms with Gasteiger partial charge in [0.15, 0.2) is 5.65 Å². The zero-order chi connectivity index (χ0) is 22.4. The summed E-state index contributed by atoms with van der Waals surface area (Å²) in [6.07, 6.45) is 4.25. The van der Waals surface area contributed by atoms with Crippen molar-refractivity contribution < 1.29 is 9.90 Å². The third kappa shape index (κ3) is 5.31. The minimum absolute atomic E-state index is 0.0996. The van der Waals surface area contributed by atoms with Gasteiger partial charge in [-0.05, 0) is 58.6 Å². The first kappa shape index (κ1) is 22.9. The molecule has 2 heterocycles. The fraction of sp³-hybridized carbons (Fsp3) is 0.480. The molecule has 0 spiro atoms. The van der Waals surface area contributed by atoms with E-state index < -0.39 is 0 Å². The molecule has 0 saturated carbocycles. The van der Waals surface area contributed by atoms with Gasteiger partial charge in [-0.2, -0.15) is 5.10 Å². The summed E-state index contributed by atoms with van der Waals surface area (Å²) in [5.41, 5.74) is 6.69. The molecule has 0 aliphatic heterocycles. The van der Waals surface area contributed by atoms with Crippen LogP contribution in [0.3, 0.4) is 0 Å². The van der Waals surface area contributed by atoms with Crippen molar-refractivity contribution in [2.75, 3.05) is 19.7 Å². The number of unbranched alkanes of at least 4 members (excludes halogenated alkanes) is 2. The van der Waals surface area contributed by atoms with Crippen molar-refractivity contribution in [1.29, 1.82) is 0 Å². The number of rotatable bonds is 10. The number of aryl methyl sites for hydroxylation is 3. The van der Waals surface area contributed by atoms with Crippen LogP contribution >= 0.6 is 0 Å². The summed E-state index contributed by atoms with van der Waals surface area (Å²) in [5, 5.41) is 13.8. The largest absolute Gasteiger partial charge is 0.396 e. The van der Waals surface area contributed by atoms with Crippen molar-refractivity contribution >= 4 is 11.6 Å². The Kier molecular flexibility index (Phi) is 7.80. The van der Waals surface area contributed by atoms with Crippen LogP contribution in [0.2, 0.25) is 0 Å². The maximum absolute atomic E-state index is 12.9. The van der Waals surface area contributed by atoms with Crippen molar-refractivity contribution in [2.45, 2.75) is 59.8 Å². The molecule has 3 aromatic rings. The van der Waals surface area contributed by atoms with Gasteiger partial charge >= 0.3 is 0 Å². The van der Waals surface area contributed by atoms with E-state index in [1.165, 1.54) is 5.56 Å². The third-order valence-electron chi connectivity index (χ3n) is 5.79. The van der Waals surface area contributed by atoms with E-state index in [1.807, 2.05) is 43.2 Å². The third-order valence-corrected chi connectivity index (χ3v) is 5.79. The topological polar surface area (TPSA) is 70.7 Å². The molecule has 0 aliphatic rings. The van der Waals surface area contributed by atoms with Crippen LogP contribution in [0, 0.1) is 13.8 Å². The number of amides is 1. The second kappa shape index (κ2) is 10.5. The van der Waals surface area contributed by atoms with E-state index in [-0.39, 0.29) is 12.5 Å². The zero-order valence-corrected chi connectivity index (χ0v) is 19.2. The Morgan fingerprint density at radius 3 is 2.42 bits per heavy atom. The maximum atomic E-state index is 12.9. The zero-order valence-electron chi connectivity index (χ0n) is 19.2.